The topological polar surface area (TPSA) is 114 Å². The molecule has 0 radical (unpaired) electrons. The minimum absolute atomic E-state index is 0.191. The summed E-state index contributed by atoms with van der Waals surface area (Å²) in [5.41, 5.74) is -0.142. The second-order valence-electron chi connectivity index (χ2n) is 7.32. The molecule has 29 heavy (non-hydrogen) atoms. The highest BCUT2D eigenvalue weighted by Gasteiger charge is 2.32. The molecular formula is C21H23N3O5. The van der Waals surface area contributed by atoms with E-state index in [1.165, 1.54) is 25.3 Å². The first kappa shape index (κ1) is 21.7. The molecule has 8 nitrogen and oxygen atoms in total. The lowest BCUT2D eigenvalue weighted by Gasteiger charge is -2.26. The second-order valence-corrected chi connectivity index (χ2v) is 7.32. The SMILES string of the molecule is COc1ccc([C@@H](NC(=O)OC(C)(C)C)[C@H](C#N)c2ccccc2[N+](=O)[O-])cc1. The Morgan fingerprint density at radius 1 is 1.17 bits per heavy atom. The van der Waals surface area contributed by atoms with Crippen LogP contribution in [-0.2, 0) is 4.74 Å². The van der Waals surface area contributed by atoms with Crippen molar-refractivity contribution in [1.82, 2.24) is 5.32 Å². The lowest BCUT2D eigenvalue weighted by Crippen LogP contribution is -2.37. The number of amides is 1. The van der Waals surface area contributed by atoms with E-state index < -0.39 is 28.6 Å². The number of nitrogens with one attached hydrogen (secondary N) is 1. The highest BCUT2D eigenvalue weighted by atomic mass is 16.6. The molecule has 2 atom stereocenters. The van der Waals surface area contributed by atoms with Crippen molar-refractivity contribution in [3.8, 4) is 11.8 Å². The number of carbonyl (C=O) groups is 1. The Labute approximate surface area is 169 Å². The highest BCUT2D eigenvalue weighted by Crippen LogP contribution is 2.36. The molecule has 0 unspecified atom stereocenters. The van der Waals surface area contributed by atoms with Gasteiger partial charge in [-0.2, -0.15) is 5.26 Å². The van der Waals surface area contributed by atoms with E-state index in [4.69, 9.17) is 9.47 Å². The molecule has 0 heterocycles. The molecule has 0 aliphatic carbocycles. The molecule has 0 saturated carbocycles. The monoisotopic (exact) mass is 397 g/mol. The summed E-state index contributed by atoms with van der Waals surface area (Å²) < 4.78 is 10.5. The average Bonchev–Trinajstić information content (AvgIpc) is 2.66. The molecule has 0 spiro atoms. The van der Waals surface area contributed by atoms with E-state index in [1.807, 2.05) is 0 Å². The predicted octanol–water partition coefficient (Wildman–Crippen LogP) is 4.48. The van der Waals surface area contributed by atoms with Crippen molar-refractivity contribution >= 4 is 11.8 Å². The van der Waals surface area contributed by atoms with Gasteiger partial charge in [-0.25, -0.2) is 4.79 Å². The van der Waals surface area contributed by atoms with Crippen molar-refractivity contribution in [3.05, 3.63) is 69.8 Å². The Morgan fingerprint density at radius 2 is 1.79 bits per heavy atom. The van der Waals surface area contributed by atoms with Gasteiger partial charge in [-0.05, 0) is 38.5 Å². The number of benzene rings is 2. The summed E-state index contributed by atoms with van der Waals surface area (Å²) in [5, 5.41) is 24.0. The molecule has 2 rings (SSSR count). The number of alkyl carbamates (subject to hydrolysis) is 1. The number of rotatable bonds is 6. The summed E-state index contributed by atoms with van der Waals surface area (Å²) in [6.07, 6.45) is -0.725. The fraction of sp³-hybridized carbons (Fsp3) is 0.333. The maximum Gasteiger partial charge on any atom is 0.408 e. The van der Waals surface area contributed by atoms with Gasteiger partial charge in [-0.15, -0.1) is 0 Å². The van der Waals surface area contributed by atoms with Crippen molar-refractivity contribution in [2.75, 3.05) is 7.11 Å². The van der Waals surface area contributed by atoms with E-state index >= 15 is 0 Å². The van der Waals surface area contributed by atoms with Gasteiger partial charge in [0.2, 0.25) is 0 Å². The zero-order valence-corrected chi connectivity index (χ0v) is 16.7. The van der Waals surface area contributed by atoms with Crippen molar-refractivity contribution in [2.45, 2.75) is 38.3 Å². The first-order chi connectivity index (χ1) is 13.7. The largest absolute Gasteiger partial charge is 0.497 e. The number of nitro groups is 1. The number of nitriles is 1. The van der Waals surface area contributed by atoms with E-state index in [0.717, 1.165) is 0 Å². The summed E-state index contributed by atoms with van der Waals surface area (Å²) in [5.74, 6) is -0.415. The number of carbonyl (C=O) groups excluding carboxylic acids is 1. The average molecular weight is 397 g/mol. The summed E-state index contributed by atoms with van der Waals surface area (Å²) in [6, 6.07) is 14.0. The quantitative estimate of drug-likeness (QED) is 0.568. The van der Waals surface area contributed by atoms with Gasteiger partial charge in [0.25, 0.3) is 5.69 Å². The summed E-state index contributed by atoms with van der Waals surface area (Å²) in [6.45, 7) is 5.16. The van der Waals surface area contributed by atoms with Crippen LogP contribution in [0.1, 0.15) is 43.9 Å². The molecule has 0 aliphatic rings. The molecule has 0 fully saturated rings. The number of nitro benzene ring substituents is 1. The highest BCUT2D eigenvalue weighted by molar-refractivity contribution is 5.69. The zero-order valence-electron chi connectivity index (χ0n) is 16.7. The van der Waals surface area contributed by atoms with E-state index in [2.05, 4.69) is 11.4 Å². The van der Waals surface area contributed by atoms with Crippen LogP contribution >= 0.6 is 0 Å². The molecule has 0 saturated heterocycles. The smallest absolute Gasteiger partial charge is 0.408 e. The van der Waals surface area contributed by atoms with Crippen molar-refractivity contribution in [3.63, 3.8) is 0 Å². The lowest BCUT2D eigenvalue weighted by molar-refractivity contribution is -0.385. The standard InChI is InChI=1S/C21H23N3O5/c1-21(2,3)29-20(25)23-19(14-9-11-15(28-4)12-10-14)17(13-22)16-7-5-6-8-18(16)24(26)27/h5-12,17,19H,1-4H3,(H,23,25)/t17-,19-/m1/s1. The van der Waals surface area contributed by atoms with Crippen molar-refractivity contribution in [1.29, 1.82) is 5.26 Å². The minimum atomic E-state index is -1.02. The van der Waals surface area contributed by atoms with E-state index in [0.29, 0.717) is 11.3 Å². The molecule has 1 amide bonds. The third-order valence-electron chi connectivity index (χ3n) is 4.09. The number of hydrogen-bond donors (Lipinski definition) is 1. The van der Waals surface area contributed by atoms with Crippen LogP contribution in [0.3, 0.4) is 0 Å². The Kier molecular flexibility index (Phi) is 6.78. The molecule has 2 aromatic rings. The van der Waals surface area contributed by atoms with E-state index in [-0.39, 0.29) is 11.3 Å². The van der Waals surface area contributed by atoms with Gasteiger partial charge in [0.1, 0.15) is 17.3 Å². The maximum atomic E-state index is 12.4. The van der Waals surface area contributed by atoms with Crippen LogP contribution in [-0.4, -0.2) is 23.7 Å². The Bertz CT molecular complexity index is 913. The summed E-state index contributed by atoms with van der Waals surface area (Å²) in [7, 11) is 1.52. The van der Waals surface area contributed by atoms with Gasteiger partial charge in [0.05, 0.1) is 24.1 Å². The summed E-state index contributed by atoms with van der Waals surface area (Å²) >= 11 is 0. The van der Waals surface area contributed by atoms with Crippen molar-refractivity contribution < 1.29 is 19.2 Å². The predicted molar refractivity (Wildman–Crippen MR) is 107 cm³/mol. The second kappa shape index (κ2) is 9.06. The zero-order chi connectivity index (χ0) is 21.6. The normalized spacial score (nSPS) is 12.9. The van der Waals surface area contributed by atoms with Crippen LogP contribution in [0, 0.1) is 21.4 Å². The van der Waals surface area contributed by atoms with E-state index in [9.17, 15) is 20.2 Å². The van der Waals surface area contributed by atoms with Gasteiger partial charge in [0.15, 0.2) is 0 Å². The molecule has 0 aromatic heterocycles. The Morgan fingerprint density at radius 3 is 2.31 bits per heavy atom. The summed E-state index contributed by atoms with van der Waals surface area (Å²) in [4.78, 5) is 23.4. The third kappa shape index (κ3) is 5.69. The Hall–Kier alpha value is -3.60. The molecular weight excluding hydrogens is 374 g/mol. The van der Waals surface area contributed by atoms with Crippen LogP contribution in [0.2, 0.25) is 0 Å². The number of methoxy groups -OCH3 is 1. The first-order valence-corrected chi connectivity index (χ1v) is 8.92. The van der Waals surface area contributed by atoms with Crippen LogP contribution in [0.4, 0.5) is 10.5 Å². The van der Waals surface area contributed by atoms with Gasteiger partial charge < -0.3 is 14.8 Å². The molecule has 2 aromatic carbocycles. The number of ether oxygens (including phenoxy) is 2. The van der Waals surface area contributed by atoms with Crippen LogP contribution < -0.4 is 10.1 Å². The minimum Gasteiger partial charge on any atom is -0.497 e. The van der Waals surface area contributed by atoms with Gasteiger partial charge >= 0.3 is 6.09 Å². The molecule has 0 aliphatic heterocycles. The molecule has 152 valence electrons. The van der Waals surface area contributed by atoms with Gasteiger partial charge in [0, 0.05) is 11.6 Å². The fourth-order valence-electron chi connectivity index (χ4n) is 2.85. The lowest BCUT2D eigenvalue weighted by atomic mass is 9.87. The maximum absolute atomic E-state index is 12.4. The first-order valence-electron chi connectivity index (χ1n) is 8.92. The molecule has 1 N–H and O–H groups in total. The van der Waals surface area contributed by atoms with Crippen molar-refractivity contribution in [2.24, 2.45) is 0 Å². The van der Waals surface area contributed by atoms with Crippen LogP contribution in [0.25, 0.3) is 0 Å². The fourth-order valence-corrected chi connectivity index (χ4v) is 2.85. The van der Waals surface area contributed by atoms with Gasteiger partial charge in [-0.3, -0.25) is 10.1 Å². The third-order valence-corrected chi connectivity index (χ3v) is 4.09. The number of para-hydroxylation sites is 1. The van der Waals surface area contributed by atoms with Crippen LogP contribution in [0.15, 0.2) is 48.5 Å². The molecule has 0 bridgehead atoms. The Balaban J connectivity index is 2.51. The number of hydrogen-bond acceptors (Lipinski definition) is 6. The van der Waals surface area contributed by atoms with Gasteiger partial charge in [-0.1, -0.05) is 30.3 Å². The van der Waals surface area contributed by atoms with Crippen LogP contribution in [0.5, 0.6) is 5.75 Å². The van der Waals surface area contributed by atoms with E-state index in [1.54, 1.807) is 51.1 Å². The number of nitrogens with zero attached hydrogens (tertiary/aromatic N) is 2. The molecule has 8 heteroatoms.